The second-order valence-electron chi connectivity index (χ2n) is 5.68. The molecule has 2 saturated carbocycles. The van der Waals surface area contributed by atoms with Crippen molar-refractivity contribution in [1.29, 1.82) is 0 Å². The quantitative estimate of drug-likeness (QED) is 0.850. The maximum absolute atomic E-state index is 11.9. The highest BCUT2D eigenvalue weighted by atomic mass is 16.1. The van der Waals surface area contributed by atoms with Crippen molar-refractivity contribution in [3.63, 3.8) is 0 Å². The van der Waals surface area contributed by atoms with E-state index in [-0.39, 0.29) is 16.9 Å². The lowest BCUT2D eigenvalue weighted by Crippen LogP contribution is -2.37. The molecule has 1 amide bonds. The van der Waals surface area contributed by atoms with E-state index in [1.165, 1.54) is 18.4 Å². The third kappa shape index (κ3) is 1.65. The molecule has 3 rings (SSSR count). The van der Waals surface area contributed by atoms with Gasteiger partial charge in [-0.25, -0.2) is 0 Å². The highest BCUT2D eigenvalue weighted by Crippen LogP contribution is 2.63. The van der Waals surface area contributed by atoms with Crippen LogP contribution >= 0.6 is 0 Å². The Bertz CT molecular complexity index is 487. The topological polar surface area (TPSA) is 55.1 Å². The highest BCUT2D eigenvalue weighted by molar-refractivity contribution is 5.94. The zero-order chi connectivity index (χ0) is 12.8. The van der Waals surface area contributed by atoms with Crippen LogP contribution in [-0.2, 0) is 5.41 Å². The van der Waals surface area contributed by atoms with Crippen molar-refractivity contribution in [2.24, 2.45) is 5.73 Å². The van der Waals surface area contributed by atoms with Gasteiger partial charge < -0.3 is 11.1 Å². The number of rotatable bonds is 4. The van der Waals surface area contributed by atoms with Crippen molar-refractivity contribution in [2.75, 3.05) is 6.54 Å². The zero-order valence-electron chi connectivity index (χ0n) is 10.8. The van der Waals surface area contributed by atoms with E-state index in [1.807, 2.05) is 25.1 Å². The van der Waals surface area contributed by atoms with Gasteiger partial charge in [0.25, 0.3) is 5.91 Å². The molecule has 3 nitrogen and oxygen atoms in total. The summed E-state index contributed by atoms with van der Waals surface area (Å²) < 4.78 is 0. The Morgan fingerprint density at radius 2 is 2.06 bits per heavy atom. The van der Waals surface area contributed by atoms with Gasteiger partial charge in [-0.15, -0.1) is 0 Å². The van der Waals surface area contributed by atoms with E-state index in [4.69, 9.17) is 5.73 Å². The number of nitrogens with two attached hydrogens (primary N) is 1. The number of benzene rings is 1. The summed E-state index contributed by atoms with van der Waals surface area (Å²) in [5.74, 6) is 0.0111. The molecule has 1 aromatic carbocycles. The van der Waals surface area contributed by atoms with Crippen molar-refractivity contribution in [3.8, 4) is 0 Å². The predicted octanol–water partition coefficient (Wildman–Crippen LogP) is 1.96. The van der Waals surface area contributed by atoms with Gasteiger partial charge in [0.2, 0.25) is 0 Å². The predicted molar refractivity (Wildman–Crippen MR) is 71.5 cm³/mol. The number of nitrogens with one attached hydrogen (secondary N) is 1. The van der Waals surface area contributed by atoms with Crippen LogP contribution in [-0.4, -0.2) is 18.0 Å². The van der Waals surface area contributed by atoms with Gasteiger partial charge in [0.05, 0.1) is 0 Å². The van der Waals surface area contributed by atoms with Crippen LogP contribution in [0.4, 0.5) is 0 Å². The van der Waals surface area contributed by atoms with Gasteiger partial charge in [-0.2, -0.15) is 0 Å². The van der Waals surface area contributed by atoms with Crippen LogP contribution in [0.25, 0.3) is 0 Å². The van der Waals surface area contributed by atoms with E-state index < -0.39 is 0 Å². The third-order valence-corrected chi connectivity index (χ3v) is 4.51. The summed E-state index contributed by atoms with van der Waals surface area (Å²) >= 11 is 0. The molecule has 0 saturated heterocycles. The molecule has 3 heteroatoms. The van der Waals surface area contributed by atoms with Crippen molar-refractivity contribution in [1.82, 2.24) is 5.32 Å². The molecule has 2 fully saturated rings. The summed E-state index contributed by atoms with van der Waals surface area (Å²) in [5, 5.41) is 2.85. The average Bonchev–Trinajstić information content (AvgIpc) is 3.25. The molecule has 0 heterocycles. The molecule has 0 aromatic heterocycles. The van der Waals surface area contributed by atoms with Gasteiger partial charge >= 0.3 is 0 Å². The number of amides is 1. The summed E-state index contributed by atoms with van der Waals surface area (Å²) in [6, 6.07) is 8.01. The van der Waals surface area contributed by atoms with E-state index in [0.29, 0.717) is 6.54 Å². The van der Waals surface area contributed by atoms with Crippen LogP contribution in [0.15, 0.2) is 24.3 Å². The van der Waals surface area contributed by atoms with Crippen LogP contribution in [0.2, 0.25) is 0 Å². The molecule has 0 unspecified atom stereocenters. The van der Waals surface area contributed by atoms with Gasteiger partial charge in [-0.05, 0) is 50.3 Å². The fraction of sp³-hybridized carbons (Fsp3) is 0.533. The first-order valence-corrected chi connectivity index (χ1v) is 6.79. The van der Waals surface area contributed by atoms with E-state index in [0.717, 1.165) is 18.4 Å². The third-order valence-electron chi connectivity index (χ3n) is 4.51. The first-order valence-electron chi connectivity index (χ1n) is 6.79. The Morgan fingerprint density at radius 3 is 2.61 bits per heavy atom. The van der Waals surface area contributed by atoms with E-state index in [2.05, 4.69) is 11.4 Å². The number of carbonyl (C=O) groups excluding carboxylic acids is 1. The lowest BCUT2D eigenvalue weighted by Gasteiger charge is -2.23. The van der Waals surface area contributed by atoms with Crippen LogP contribution in [0.5, 0.6) is 0 Å². The molecule has 1 aromatic rings. The maximum atomic E-state index is 11.9. The Balaban J connectivity index is 1.90. The molecule has 3 N–H and O–H groups in total. The normalized spacial score (nSPS) is 22.3. The van der Waals surface area contributed by atoms with Crippen LogP contribution < -0.4 is 11.1 Å². The highest BCUT2D eigenvalue weighted by Gasteiger charge is 2.63. The van der Waals surface area contributed by atoms with E-state index in [1.54, 1.807) is 0 Å². The Labute approximate surface area is 108 Å². The minimum absolute atomic E-state index is 0.00680. The molecule has 0 spiro atoms. The minimum Gasteiger partial charge on any atom is -0.352 e. The standard InChI is InChI=1S/C15H20N2O/c1-2-17-13(18)11-4-3-5-12(10-11)14(6-7-14)15(16)8-9-15/h3-5,10H,2,6-9,16H2,1H3,(H,17,18). The number of hydrogen-bond acceptors (Lipinski definition) is 2. The van der Waals surface area contributed by atoms with E-state index in [9.17, 15) is 4.79 Å². The Kier molecular flexibility index (Phi) is 2.49. The monoisotopic (exact) mass is 244 g/mol. The van der Waals surface area contributed by atoms with Gasteiger partial charge in [-0.3, -0.25) is 4.79 Å². The fourth-order valence-corrected chi connectivity index (χ4v) is 3.03. The van der Waals surface area contributed by atoms with Crippen LogP contribution in [0.1, 0.15) is 48.5 Å². The lowest BCUT2D eigenvalue weighted by atomic mass is 9.85. The first-order chi connectivity index (χ1) is 8.61. The van der Waals surface area contributed by atoms with E-state index >= 15 is 0 Å². The second kappa shape index (κ2) is 3.82. The van der Waals surface area contributed by atoms with Gasteiger partial charge in [0, 0.05) is 23.1 Å². The summed E-state index contributed by atoms with van der Waals surface area (Å²) in [5.41, 5.74) is 8.58. The lowest BCUT2D eigenvalue weighted by molar-refractivity contribution is 0.0955. The molecule has 0 radical (unpaired) electrons. The van der Waals surface area contributed by atoms with Gasteiger partial charge in [0.1, 0.15) is 0 Å². The summed E-state index contributed by atoms with van der Waals surface area (Å²) in [6.07, 6.45) is 4.58. The van der Waals surface area contributed by atoms with Crippen molar-refractivity contribution in [3.05, 3.63) is 35.4 Å². The second-order valence-corrected chi connectivity index (χ2v) is 5.68. The molecule has 2 aliphatic carbocycles. The Morgan fingerprint density at radius 1 is 1.33 bits per heavy atom. The Hall–Kier alpha value is -1.35. The molecule has 0 atom stereocenters. The maximum Gasteiger partial charge on any atom is 0.251 e. The summed E-state index contributed by atoms with van der Waals surface area (Å²) in [4.78, 5) is 11.9. The summed E-state index contributed by atoms with van der Waals surface area (Å²) in [7, 11) is 0. The smallest absolute Gasteiger partial charge is 0.251 e. The zero-order valence-corrected chi connectivity index (χ0v) is 10.8. The van der Waals surface area contributed by atoms with Crippen molar-refractivity contribution in [2.45, 2.75) is 43.6 Å². The molecular formula is C15H20N2O. The minimum atomic E-state index is 0.00680. The molecule has 0 bridgehead atoms. The first kappa shape index (κ1) is 11.7. The average molecular weight is 244 g/mol. The van der Waals surface area contributed by atoms with Gasteiger partial charge in [-0.1, -0.05) is 12.1 Å². The molecule has 18 heavy (non-hydrogen) atoms. The van der Waals surface area contributed by atoms with Crippen LogP contribution in [0.3, 0.4) is 0 Å². The molecular weight excluding hydrogens is 224 g/mol. The van der Waals surface area contributed by atoms with Crippen molar-refractivity contribution >= 4 is 5.91 Å². The summed E-state index contributed by atoms with van der Waals surface area (Å²) in [6.45, 7) is 2.60. The van der Waals surface area contributed by atoms with Crippen LogP contribution in [0, 0.1) is 0 Å². The number of hydrogen-bond donors (Lipinski definition) is 2. The van der Waals surface area contributed by atoms with Crippen molar-refractivity contribution < 1.29 is 4.79 Å². The molecule has 2 aliphatic rings. The largest absolute Gasteiger partial charge is 0.352 e. The fourth-order valence-electron chi connectivity index (χ4n) is 3.03. The molecule has 0 aliphatic heterocycles. The number of carbonyl (C=O) groups is 1. The molecule has 96 valence electrons. The van der Waals surface area contributed by atoms with Gasteiger partial charge in [0.15, 0.2) is 0 Å². The SMILES string of the molecule is CCNC(=O)c1cccc(C2(C3(N)CC3)CC2)c1.